The Morgan fingerprint density at radius 3 is 3.00 bits per heavy atom. The summed E-state index contributed by atoms with van der Waals surface area (Å²) in [7, 11) is 1.63. The van der Waals surface area contributed by atoms with Crippen LogP contribution in [0.4, 0.5) is 0 Å². The van der Waals surface area contributed by atoms with Gasteiger partial charge < -0.3 is 19.7 Å². The fraction of sp³-hybridized carbons (Fsp3) is 0.778. The summed E-state index contributed by atoms with van der Waals surface area (Å²) in [6.45, 7) is 3.46. The third-order valence-electron chi connectivity index (χ3n) is 1.87. The lowest BCUT2D eigenvalue weighted by molar-refractivity contribution is 0.126. The predicted molar refractivity (Wildman–Crippen MR) is 53.0 cm³/mol. The Bertz CT molecular complexity index is 277. The Hall–Kier alpha value is -0.980. The third-order valence-corrected chi connectivity index (χ3v) is 1.87. The molecule has 0 spiro atoms. The molecule has 6 nitrogen and oxygen atoms in total. The number of methoxy groups -OCH3 is 1. The van der Waals surface area contributed by atoms with Gasteiger partial charge in [0.25, 0.3) is 0 Å². The SMILES string of the molecule is CCOCc1noc(C(N)CCOC)n1. The maximum atomic E-state index is 5.81. The molecule has 0 fully saturated rings. The first-order valence-corrected chi connectivity index (χ1v) is 4.92. The Balaban J connectivity index is 2.43. The van der Waals surface area contributed by atoms with Gasteiger partial charge in [-0.3, -0.25) is 0 Å². The lowest BCUT2D eigenvalue weighted by Crippen LogP contribution is -2.13. The van der Waals surface area contributed by atoms with Gasteiger partial charge in [0.05, 0.1) is 6.04 Å². The van der Waals surface area contributed by atoms with Crippen LogP contribution in [0, 0.1) is 0 Å². The van der Waals surface area contributed by atoms with Crippen molar-refractivity contribution in [3.63, 3.8) is 0 Å². The maximum Gasteiger partial charge on any atom is 0.243 e. The minimum Gasteiger partial charge on any atom is -0.385 e. The first kappa shape index (κ1) is 12.1. The van der Waals surface area contributed by atoms with E-state index in [1.54, 1.807) is 7.11 Å². The van der Waals surface area contributed by atoms with E-state index in [1.807, 2.05) is 6.92 Å². The van der Waals surface area contributed by atoms with Crippen LogP contribution in [0.25, 0.3) is 0 Å². The summed E-state index contributed by atoms with van der Waals surface area (Å²) in [5.41, 5.74) is 5.81. The van der Waals surface area contributed by atoms with Crippen LogP contribution in [0.15, 0.2) is 4.52 Å². The normalized spacial score (nSPS) is 13.0. The molecule has 0 aliphatic rings. The third kappa shape index (κ3) is 3.94. The van der Waals surface area contributed by atoms with E-state index in [0.29, 0.717) is 38.0 Å². The van der Waals surface area contributed by atoms with Gasteiger partial charge in [-0.2, -0.15) is 4.98 Å². The summed E-state index contributed by atoms with van der Waals surface area (Å²) >= 11 is 0. The van der Waals surface area contributed by atoms with E-state index < -0.39 is 0 Å². The molecule has 15 heavy (non-hydrogen) atoms. The van der Waals surface area contributed by atoms with Gasteiger partial charge in [-0.05, 0) is 13.3 Å². The van der Waals surface area contributed by atoms with Crippen molar-refractivity contribution in [2.24, 2.45) is 5.73 Å². The predicted octanol–water partition coefficient (Wildman–Crippen LogP) is 0.642. The summed E-state index contributed by atoms with van der Waals surface area (Å²) in [4.78, 5) is 4.12. The molecule has 0 amide bonds. The van der Waals surface area contributed by atoms with Crippen molar-refractivity contribution in [1.29, 1.82) is 0 Å². The molecule has 6 heteroatoms. The van der Waals surface area contributed by atoms with Crippen LogP contribution in [0.1, 0.15) is 31.1 Å². The van der Waals surface area contributed by atoms with E-state index in [2.05, 4.69) is 10.1 Å². The number of hydrogen-bond donors (Lipinski definition) is 1. The summed E-state index contributed by atoms with van der Waals surface area (Å²) in [6, 6.07) is -0.271. The van der Waals surface area contributed by atoms with Crippen LogP contribution in [-0.4, -0.2) is 30.5 Å². The van der Waals surface area contributed by atoms with Gasteiger partial charge >= 0.3 is 0 Å². The molecule has 1 atom stereocenters. The summed E-state index contributed by atoms with van der Waals surface area (Å²) in [6.07, 6.45) is 0.659. The second-order valence-electron chi connectivity index (χ2n) is 3.07. The Kier molecular flexibility index (Phi) is 5.23. The number of hydrogen-bond acceptors (Lipinski definition) is 6. The van der Waals surface area contributed by atoms with Gasteiger partial charge in [0, 0.05) is 20.3 Å². The maximum absolute atomic E-state index is 5.81. The highest BCUT2D eigenvalue weighted by atomic mass is 16.5. The summed E-state index contributed by atoms with van der Waals surface area (Å²) in [5.74, 6) is 0.960. The molecular weight excluding hydrogens is 198 g/mol. The van der Waals surface area contributed by atoms with Crippen LogP contribution >= 0.6 is 0 Å². The molecule has 1 aromatic rings. The molecule has 0 saturated heterocycles. The van der Waals surface area contributed by atoms with E-state index >= 15 is 0 Å². The fourth-order valence-corrected chi connectivity index (χ4v) is 1.04. The van der Waals surface area contributed by atoms with Crippen LogP contribution in [0.5, 0.6) is 0 Å². The van der Waals surface area contributed by atoms with Crippen LogP contribution in [-0.2, 0) is 16.1 Å². The minimum absolute atomic E-state index is 0.271. The van der Waals surface area contributed by atoms with Crippen LogP contribution in [0.3, 0.4) is 0 Å². The molecule has 0 aromatic carbocycles. The van der Waals surface area contributed by atoms with Crippen molar-refractivity contribution in [2.75, 3.05) is 20.3 Å². The minimum atomic E-state index is -0.271. The quantitative estimate of drug-likeness (QED) is 0.718. The van der Waals surface area contributed by atoms with Crippen molar-refractivity contribution in [3.8, 4) is 0 Å². The molecule has 0 aliphatic heterocycles. The number of nitrogens with zero attached hydrogens (tertiary/aromatic N) is 2. The Labute approximate surface area is 88.7 Å². The second kappa shape index (κ2) is 6.49. The molecule has 86 valence electrons. The van der Waals surface area contributed by atoms with E-state index in [4.69, 9.17) is 19.7 Å². The average molecular weight is 215 g/mol. The smallest absolute Gasteiger partial charge is 0.243 e. The highest BCUT2D eigenvalue weighted by Gasteiger charge is 2.14. The van der Waals surface area contributed by atoms with Crippen LogP contribution in [0.2, 0.25) is 0 Å². The number of nitrogens with two attached hydrogens (primary N) is 1. The monoisotopic (exact) mass is 215 g/mol. The molecule has 0 bridgehead atoms. The van der Waals surface area contributed by atoms with E-state index in [1.165, 1.54) is 0 Å². The topological polar surface area (TPSA) is 83.4 Å². The van der Waals surface area contributed by atoms with Crippen LogP contribution < -0.4 is 5.73 Å². The molecule has 1 heterocycles. The first-order chi connectivity index (χ1) is 7.27. The van der Waals surface area contributed by atoms with Crippen molar-refractivity contribution >= 4 is 0 Å². The molecule has 2 N–H and O–H groups in total. The van der Waals surface area contributed by atoms with Gasteiger partial charge in [-0.1, -0.05) is 5.16 Å². The zero-order valence-corrected chi connectivity index (χ0v) is 9.10. The average Bonchev–Trinajstić information content (AvgIpc) is 2.71. The second-order valence-corrected chi connectivity index (χ2v) is 3.07. The number of rotatable bonds is 7. The van der Waals surface area contributed by atoms with Gasteiger partial charge in [-0.25, -0.2) is 0 Å². The lowest BCUT2D eigenvalue weighted by Gasteiger charge is -2.04. The summed E-state index contributed by atoms with van der Waals surface area (Å²) < 4.78 is 15.1. The molecule has 1 unspecified atom stereocenters. The largest absolute Gasteiger partial charge is 0.385 e. The highest BCUT2D eigenvalue weighted by molar-refractivity contribution is 4.90. The zero-order valence-electron chi connectivity index (χ0n) is 9.10. The van der Waals surface area contributed by atoms with Gasteiger partial charge in [-0.15, -0.1) is 0 Å². The first-order valence-electron chi connectivity index (χ1n) is 4.92. The highest BCUT2D eigenvalue weighted by Crippen LogP contribution is 2.11. The Morgan fingerprint density at radius 1 is 1.53 bits per heavy atom. The number of ether oxygens (including phenoxy) is 2. The van der Waals surface area contributed by atoms with E-state index in [-0.39, 0.29) is 6.04 Å². The molecule has 0 radical (unpaired) electrons. The van der Waals surface area contributed by atoms with Crippen molar-refractivity contribution in [3.05, 3.63) is 11.7 Å². The summed E-state index contributed by atoms with van der Waals surface area (Å²) in [5, 5.41) is 3.75. The van der Waals surface area contributed by atoms with Crippen molar-refractivity contribution in [2.45, 2.75) is 26.0 Å². The van der Waals surface area contributed by atoms with Crippen molar-refractivity contribution in [1.82, 2.24) is 10.1 Å². The standard InChI is InChI=1S/C9H17N3O3/c1-3-14-6-8-11-9(15-12-8)7(10)4-5-13-2/h7H,3-6,10H2,1-2H3. The van der Waals surface area contributed by atoms with Gasteiger partial charge in [0.15, 0.2) is 5.82 Å². The van der Waals surface area contributed by atoms with E-state index in [0.717, 1.165) is 0 Å². The molecule has 1 aromatic heterocycles. The van der Waals surface area contributed by atoms with E-state index in [9.17, 15) is 0 Å². The number of aromatic nitrogens is 2. The molecule has 0 saturated carbocycles. The molecular formula is C9H17N3O3. The zero-order chi connectivity index (χ0) is 11.1. The van der Waals surface area contributed by atoms with Gasteiger partial charge in [0.2, 0.25) is 5.89 Å². The van der Waals surface area contributed by atoms with Crippen molar-refractivity contribution < 1.29 is 14.0 Å². The Morgan fingerprint density at radius 2 is 2.33 bits per heavy atom. The molecule has 1 rings (SSSR count). The lowest BCUT2D eigenvalue weighted by atomic mass is 10.2. The van der Waals surface area contributed by atoms with Gasteiger partial charge in [0.1, 0.15) is 6.61 Å². The fourth-order valence-electron chi connectivity index (χ4n) is 1.04. The molecule has 0 aliphatic carbocycles.